The SMILES string of the molecule is COC(=O)C[C@@H]1C(=O)CCN1c1cc(-n2ccnc2)c2ccc(Cl)c(Cl)c2n1. The number of carbonyl (C=O) groups is 2. The summed E-state index contributed by atoms with van der Waals surface area (Å²) in [5, 5.41) is 1.52. The van der Waals surface area contributed by atoms with Crippen LogP contribution in [0, 0.1) is 0 Å². The number of aromatic nitrogens is 3. The van der Waals surface area contributed by atoms with Crippen LogP contribution in [0.3, 0.4) is 0 Å². The maximum Gasteiger partial charge on any atom is 0.308 e. The lowest BCUT2D eigenvalue weighted by Gasteiger charge is -2.25. The van der Waals surface area contributed by atoms with Crippen LogP contribution in [-0.4, -0.2) is 46.0 Å². The van der Waals surface area contributed by atoms with E-state index in [4.69, 9.17) is 27.9 Å². The van der Waals surface area contributed by atoms with Gasteiger partial charge in [-0.3, -0.25) is 9.59 Å². The molecule has 3 heterocycles. The van der Waals surface area contributed by atoms with Crippen molar-refractivity contribution >= 4 is 51.7 Å². The summed E-state index contributed by atoms with van der Waals surface area (Å²) in [6, 6.07) is 4.80. The number of ether oxygens (including phenoxy) is 1. The molecule has 0 aliphatic carbocycles. The number of anilines is 1. The summed E-state index contributed by atoms with van der Waals surface area (Å²) in [4.78, 5) is 34.7. The summed E-state index contributed by atoms with van der Waals surface area (Å²) >= 11 is 12.6. The van der Waals surface area contributed by atoms with Crippen molar-refractivity contribution in [3.63, 3.8) is 0 Å². The van der Waals surface area contributed by atoms with Crippen molar-refractivity contribution in [2.75, 3.05) is 18.6 Å². The molecule has 1 aliphatic heterocycles. The van der Waals surface area contributed by atoms with E-state index in [0.29, 0.717) is 34.3 Å². The number of rotatable bonds is 4. The summed E-state index contributed by atoms with van der Waals surface area (Å²) in [7, 11) is 1.30. The van der Waals surface area contributed by atoms with Gasteiger partial charge in [-0.15, -0.1) is 0 Å². The summed E-state index contributed by atoms with van der Waals surface area (Å²) in [5.74, 6) is 0.0794. The number of imidazole rings is 1. The molecule has 7 nitrogen and oxygen atoms in total. The lowest BCUT2D eigenvalue weighted by molar-refractivity contribution is -0.142. The van der Waals surface area contributed by atoms with Crippen molar-refractivity contribution in [2.24, 2.45) is 0 Å². The number of hydrogen-bond donors (Lipinski definition) is 0. The third-order valence-corrected chi connectivity index (χ3v) is 5.64. The van der Waals surface area contributed by atoms with E-state index in [-0.39, 0.29) is 12.2 Å². The Hall–Kier alpha value is -2.64. The summed E-state index contributed by atoms with van der Waals surface area (Å²) in [6.45, 7) is 0.459. The fraction of sp³-hybridized carbons (Fsp3) is 0.263. The smallest absolute Gasteiger partial charge is 0.308 e. The second-order valence-electron chi connectivity index (χ2n) is 6.43. The van der Waals surface area contributed by atoms with Gasteiger partial charge in [0, 0.05) is 36.8 Å². The zero-order valence-electron chi connectivity index (χ0n) is 14.9. The number of carbonyl (C=O) groups excluding carboxylic acids is 2. The molecule has 0 unspecified atom stereocenters. The van der Waals surface area contributed by atoms with Crippen molar-refractivity contribution in [1.29, 1.82) is 0 Å². The first kappa shape index (κ1) is 18.7. The predicted octanol–water partition coefficient (Wildman–Crippen LogP) is 3.44. The molecule has 9 heteroatoms. The molecule has 28 heavy (non-hydrogen) atoms. The fourth-order valence-corrected chi connectivity index (χ4v) is 3.79. The summed E-state index contributed by atoms with van der Waals surface area (Å²) in [6.07, 6.45) is 5.46. The summed E-state index contributed by atoms with van der Waals surface area (Å²) < 4.78 is 6.58. The van der Waals surface area contributed by atoms with E-state index in [1.54, 1.807) is 18.6 Å². The van der Waals surface area contributed by atoms with Crippen molar-refractivity contribution in [2.45, 2.75) is 18.9 Å². The third kappa shape index (κ3) is 3.21. The van der Waals surface area contributed by atoms with E-state index in [9.17, 15) is 9.59 Å². The van der Waals surface area contributed by atoms with Gasteiger partial charge in [0.25, 0.3) is 0 Å². The second-order valence-corrected chi connectivity index (χ2v) is 7.22. The largest absolute Gasteiger partial charge is 0.469 e. The Labute approximate surface area is 170 Å². The molecule has 1 fully saturated rings. The highest BCUT2D eigenvalue weighted by Crippen LogP contribution is 2.36. The molecule has 0 saturated carbocycles. The van der Waals surface area contributed by atoms with Crippen LogP contribution >= 0.6 is 23.2 Å². The zero-order valence-corrected chi connectivity index (χ0v) is 16.4. The van der Waals surface area contributed by atoms with Gasteiger partial charge < -0.3 is 14.2 Å². The number of ketones is 1. The first-order valence-corrected chi connectivity index (χ1v) is 9.38. The predicted molar refractivity (Wildman–Crippen MR) is 106 cm³/mol. The highest BCUT2D eigenvalue weighted by Gasteiger charge is 2.35. The number of halogens is 2. The Bertz CT molecular complexity index is 1070. The van der Waals surface area contributed by atoms with Gasteiger partial charge in [0.15, 0.2) is 5.78 Å². The number of pyridine rings is 1. The van der Waals surface area contributed by atoms with Crippen LogP contribution in [0.4, 0.5) is 5.82 Å². The highest BCUT2D eigenvalue weighted by molar-refractivity contribution is 6.45. The van der Waals surface area contributed by atoms with Crippen molar-refractivity contribution < 1.29 is 14.3 Å². The van der Waals surface area contributed by atoms with Crippen LogP contribution in [0.25, 0.3) is 16.6 Å². The van der Waals surface area contributed by atoms with Crippen LogP contribution in [0.15, 0.2) is 36.9 Å². The molecular weight excluding hydrogens is 403 g/mol. The van der Waals surface area contributed by atoms with E-state index in [1.165, 1.54) is 7.11 Å². The number of Topliss-reactive ketones (excluding diaryl/α,β-unsaturated/α-hetero) is 1. The molecule has 1 atom stereocenters. The first-order valence-electron chi connectivity index (χ1n) is 8.63. The molecule has 2 aromatic heterocycles. The van der Waals surface area contributed by atoms with E-state index in [1.807, 2.05) is 27.8 Å². The van der Waals surface area contributed by atoms with E-state index in [2.05, 4.69) is 9.97 Å². The Morgan fingerprint density at radius 2 is 2.18 bits per heavy atom. The number of esters is 1. The molecule has 1 aromatic carbocycles. The fourth-order valence-electron chi connectivity index (χ4n) is 3.43. The van der Waals surface area contributed by atoms with E-state index >= 15 is 0 Å². The Kier molecular flexibility index (Phi) is 4.95. The van der Waals surface area contributed by atoms with Crippen molar-refractivity contribution in [1.82, 2.24) is 14.5 Å². The van der Waals surface area contributed by atoms with Gasteiger partial charge in [0.05, 0.1) is 47.1 Å². The molecule has 1 aliphatic rings. The van der Waals surface area contributed by atoms with Gasteiger partial charge in [0.2, 0.25) is 0 Å². The molecule has 0 N–H and O–H groups in total. The van der Waals surface area contributed by atoms with Crippen LogP contribution < -0.4 is 4.90 Å². The monoisotopic (exact) mass is 418 g/mol. The van der Waals surface area contributed by atoms with Crippen LogP contribution in [0.5, 0.6) is 0 Å². The third-order valence-electron chi connectivity index (χ3n) is 4.85. The van der Waals surface area contributed by atoms with Crippen LogP contribution in [0.1, 0.15) is 12.8 Å². The first-order chi connectivity index (χ1) is 13.5. The van der Waals surface area contributed by atoms with Gasteiger partial charge in [-0.25, -0.2) is 9.97 Å². The standard InChI is InChI=1S/C19H16Cl2N4O3/c1-28-17(27)9-14-15(26)4-6-25(14)16-8-13(24-7-5-22-10-24)11-2-3-12(20)18(21)19(11)23-16/h2-3,5,7-8,10,14H,4,6,9H2,1H3/t14-/m1/s1. The molecular formula is C19H16Cl2N4O3. The molecule has 1 saturated heterocycles. The second kappa shape index (κ2) is 7.41. The lowest BCUT2D eigenvalue weighted by Crippen LogP contribution is -2.36. The average Bonchev–Trinajstić information content (AvgIpc) is 3.35. The topological polar surface area (TPSA) is 77.3 Å². The normalized spacial score (nSPS) is 16.8. The van der Waals surface area contributed by atoms with Crippen LogP contribution in [-0.2, 0) is 14.3 Å². The molecule has 4 rings (SSSR count). The molecule has 0 spiro atoms. The van der Waals surface area contributed by atoms with E-state index in [0.717, 1.165) is 11.1 Å². The zero-order chi connectivity index (χ0) is 19.8. The number of hydrogen-bond acceptors (Lipinski definition) is 6. The van der Waals surface area contributed by atoms with Gasteiger partial charge in [-0.05, 0) is 12.1 Å². The van der Waals surface area contributed by atoms with Crippen LogP contribution in [0.2, 0.25) is 10.0 Å². The Morgan fingerprint density at radius 1 is 1.36 bits per heavy atom. The van der Waals surface area contributed by atoms with Gasteiger partial charge >= 0.3 is 5.97 Å². The van der Waals surface area contributed by atoms with Crippen molar-refractivity contribution in [3.05, 3.63) is 47.0 Å². The van der Waals surface area contributed by atoms with E-state index < -0.39 is 12.0 Å². The average molecular weight is 419 g/mol. The minimum Gasteiger partial charge on any atom is -0.469 e. The molecule has 0 bridgehead atoms. The van der Waals surface area contributed by atoms with Gasteiger partial charge in [0.1, 0.15) is 5.82 Å². The Morgan fingerprint density at radius 3 is 2.89 bits per heavy atom. The maximum atomic E-state index is 12.4. The lowest BCUT2D eigenvalue weighted by atomic mass is 10.1. The maximum absolute atomic E-state index is 12.4. The molecule has 3 aromatic rings. The quantitative estimate of drug-likeness (QED) is 0.603. The summed E-state index contributed by atoms with van der Waals surface area (Å²) in [5.41, 5.74) is 1.32. The minimum atomic E-state index is -0.619. The molecule has 0 amide bonds. The number of methoxy groups -OCH3 is 1. The molecule has 144 valence electrons. The van der Waals surface area contributed by atoms with Crippen molar-refractivity contribution in [3.8, 4) is 5.69 Å². The molecule has 0 radical (unpaired) electrons. The minimum absolute atomic E-state index is 0.0198. The number of fused-ring (bicyclic) bond motifs is 1. The van der Waals surface area contributed by atoms with Gasteiger partial charge in [-0.1, -0.05) is 23.2 Å². The number of nitrogens with zero attached hydrogens (tertiary/aromatic N) is 4. The number of benzene rings is 1. The highest BCUT2D eigenvalue weighted by atomic mass is 35.5. The Balaban J connectivity index is 1.88. The van der Waals surface area contributed by atoms with Gasteiger partial charge in [-0.2, -0.15) is 0 Å².